The van der Waals surface area contributed by atoms with Crippen LogP contribution in [0.2, 0.25) is 0 Å². The molecule has 104 valence electrons. The minimum Gasteiger partial charge on any atom is -0.396 e. The molecule has 3 unspecified atom stereocenters. The van der Waals surface area contributed by atoms with Gasteiger partial charge in [-0.15, -0.1) is 0 Å². The molecule has 19 heavy (non-hydrogen) atoms. The summed E-state index contributed by atoms with van der Waals surface area (Å²) in [7, 11) is 0. The van der Waals surface area contributed by atoms with Crippen molar-refractivity contribution < 1.29 is 5.11 Å². The molecule has 0 spiro atoms. The highest BCUT2D eigenvalue weighted by Gasteiger charge is 2.38. The van der Waals surface area contributed by atoms with Gasteiger partial charge in [0.05, 0.1) is 0 Å². The Bertz CT molecular complexity index is 390. The lowest BCUT2D eigenvalue weighted by Crippen LogP contribution is -2.49. The number of rotatable bonds is 4. The quantitative estimate of drug-likeness (QED) is 0.871. The number of aliphatic hydroxyl groups excluding tert-OH is 1. The second kappa shape index (κ2) is 6.06. The SMILES string of the molecule is OCC1CC2CCCC(C2)[C@H]1NCc1ccccc1. The van der Waals surface area contributed by atoms with E-state index in [-0.39, 0.29) is 0 Å². The number of hydrogen-bond acceptors (Lipinski definition) is 2. The summed E-state index contributed by atoms with van der Waals surface area (Å²) in [6.07, 6.45) is 6.72. The third-order valence-corrected chi connectivity index (χ3v) is 5.09. The molecule has 0 saturated heterocycles. The van der Waals surface area contributed by atoms with Gasteiger partial charge < -0.3 is 10.4 Å². The minimum absolute atomic E-state index is 0.347. The summed E-state index contributed by atoms with van der Waals surface area (Å²) in [5, 5.41) is 13.4. The van der Waals surface area contributed by atoms with Crippen LogP contribution in [0.3, 0.4) is 0 Å². The van der Waals surface area contributed by atoms with E-state index < -0.39 is 0 Å². The summed E-state index contributed by atoms with van der Waals surface area (Å²) in [5.74, 6) is 2.13. The second-order valence-corrected chi connectivity index (χ2v) is 6.36. The summed E-state index contributed by atoms with van der Waals surface area (Å²) in [6.45, 7) is 1.28. The normalized spacial score (nSPS) is 34.2. The molecule has 2 nitrogen and oxygen atoms in total. The first-order valence-corrected chi connectivity index (χ1v) is 7.75. The number of benzene rings is 1. The smallest absolute Gasteiger partial charge is 0.0474 e. The predicted molar refractivity (Wildman–Crippen MR) is 77.7 cm³/mol. The molecule has 2 aliphatic rings. The van der Waals surface area contributed by atoms with E-state index in [2.05, 4.69) is 35.6 Å². The van der Waals surface area contributed by atoms with Crippen molar-refractivity contribution in [2.75, 3.05) is 6.61 Å². The van der Waals surface area contributed by atoms with Crippen molar-refractivity contribution >= 4 is 0 Å². The number of fused-ring (bicyclic) bond motifs is 2. The maximum absolute atomic E-state index is 9.67. The molecule has 2 heteroatoms. The topological polar surface area (TPSA) is 32.3 Å². The fraction of sp³-hybridized carbons (Fsp3) is 0.647. The van der Waals surface area contributed by atoms with Crippen LogP contribution in [0.1, 0.15) is 37.7 Å². The van der Waals surface area contributed by atoms with Crippen molar-refractivity contribution in [2.24, 2.45) is 17.8 Å². The fourth-order valence-corrected chi connectivity index (χ4v) is 4.19. The van der Waals surface area contributed by atoms with Gasteiger partial charge in [-0.1, -0.05) is 43.2 Å². The summed E-state index contributed by atoms with van der Waals surface area (Å²) in [4.78, 5) is 0. The molecular weight excluding hydrogens is 234 g/mol. The van der Waals surface area contributed by atoms with E-state index in [0.717, 1.165) is 18.4 Å². The summed E-state index contributed by atoms with van der Waals surface area (Å²) in [6, 6.07) is 11.1. The third-order valence-electron chi connectivity index (χ3n) is 5.09. The zero-order chi connectivity index (χ0) is 13.1. The Balaban J connectivity index is 1.64. The van der Waals surface area contributed by atoms with E-state index >= 15 is 0 Å². The zero-order valence-corrected chi connectivity index (χ0v) is 11.6. The van der Waals surface area contributed by atoms with Crippen LogP contribution >= 0.6 is 0 Å². The first kappa shape index (κ1) is 13.1. The highest BCUT2D eigenvalue weighted by atomic mass is 16.3. The number of hydrogen-bond donors (Lipinski definition) is 2. The summed E-state index contributed by atoms with van der Waals surface area (Å²) in [5.41, 5.74) is 1.34. The van der Waals surface area contributed by atoms with Gasteiger partial charge in [-0.05, 0) is 42.6 Å². The maximum atomic E-state index is 9.67. The molecule has 0 aliphatic heterocycles. The lowest BCUT2D eigenvalue weighted by molar-refractivity contribution is 0.0520. The van der Waals surface area contributed by atoms with E-state index in [1.807, 2.05) is 0 Å². The number of nitrogens with one attached hydrogen (secondary N) is 1. The molecule has 2 bridgehead atoms. The molecule has 2 fully saturated rings. The summed E-state index contributed by atoms with van der Waals surface area (Å²) < 4.78 is 0. The average Bonchev–Trinajstić information content (AvgIpc) is 2.47. The molecular formula is C17H25NO. The van der Waals surface area contributed by atoms with Gasteiger partial charge in [-0.3, -0.25) is 0 Å². The summed E-state index contributed by atoms with van der Waals surface area (Å²) >= 11 is 0. The molecule has 2 aliphatic carbocycles. The zero-order valence-electron chi connectivity index (χ0n) is 11.6. The van der Waals surface area contributed by atoms with Crippen LogP contribution in [0, 0.1) is 17.8 Å². The van der Waals surface area contributed by atoms with E-state index in [1.165, 1.54) is 37.7 Å². The molecule has 0 heterocycles. The van der Waals surface area contributed by atoms with Crippen molar-refractivity contribution in [2.45, 2.75) is 44.7 Å². The molecule has 4 atom stereocenters. The highest BCUT2D eigenvalue weighted by Crippen LogP contribution is 2.42. The Hall–Kier alpha value is -0.860. The predicted octanol–water partition coefficient (Wildman–Crippen LogP) is 2.96. The van der Waals surface area contributed by atoms with Gasteiger partial charge in [0, 0.05) is 19.2 Å². The Morgan fingerprint density at radius 3 is 2.74 bits per heavy atom. The highest BCUT2D eigenvalue weighted by molar-refractivity contribution is 5.14. The monoisotopic (exact) mass is 259 g/mol. The van der Waals surface area contributed by atoms with Crippen molar-refractivity contribution in [1.29, 1.82) is 0 Å². The maximum Gasteiger partial charge on any atom is 0.0474 e. The van der Waals surface area contributed by atoms with Crippen molar-refractivity contribution in [3.05, 3.63) is 35.9 Å². The molecule has 0 amide bonds. The Morgan fingerprint density at radius 2 is 1.95 bits per heavy atom. The second-order valence-electron chi connectivity index (χ2n) is 6.36. The van der Waals surface area contributed by atoms with Gasteiger partial charge >= 0.3 is 0 Å². The largest absolute Gasteiger partial charge is 0.396 e. The van der Waals surface area contributed by atoms with Gasteiger partial charge in [0.15, 0.2) is 0 Å². The van der Waals surface area contributed by atoms with Gasteiger partial charge in [0.25, 0.3) is 0 Å². The van der Waals surface area contributed by atoms with Crippen LogP contribution in [-0.2, 0) is 6.54 Å². The molecule has 0 aromatic heterocycles. The molecule has 2 N–H and O–H groups in total. The van der Waals surface area contributed by atoms with Crippen LogP contribution in [0.15, 0.2) is 30.3 Å². The lowest BCUT2D eigenvalue weighted by Gasteiger charge is -2.45. The molecule has 0 radical (unpaired) electrons. The standard InChI is InChI=1S/C17H25NO/c19-12-16-10-14-7-4-8-15(9-14)17(16)18-11-13-5-2-1-3-6-13/h1-3,5-6,14-19H,4,7-12H2/t14?,15?,16?,17-/m1/s1. The van der Waals surface area contributed by atoms with Gasteiger partial charge in [0.1, 0.15) is 0 Å². The Morgan fingerprint density at radius 1 is 1.11 bits per heavy atom. The minimum atomic E-state index is 0.347. The van der Waals surface area contributed by atoms with Crippen LogP contribution in [-0.4, -0.2) is 17.8 Å². The van der Waals surface area contributed by atoms with Crippen molar-refractivity contribution in [3.8, 4) is 0 Å². The first-order valence-electron chi connectivity index (χ1n) is 7.75. The van der Waals surface area contributed by atoms with Gasteiger partial charge in [-0.25, -0.2) is 0 Å². The fourth-order valence-electron chi connectivity index (χ4n) is 4.19. The Kier molecular flexibility index (Phi) is 4.19. The van der Waals surface area contributed by atoms with Gasteiger partial charge in [-0.2, -0.15) is 0 Å². The molecule has 2 saturated carbocycles. The third kappa shape index (κ3) is 3.01. The van der Waals surface area contributed by atoms with Crippen LogP contribution in [0.5, 0.6) is 0 Å². The van der Waals surface area contributed by atoms with Crippen LogP contribution < -0.4 is 5.32 Å². The molecule has 1 aromatic rings. The van der Waals surface area contributed by atoms with Crippen LogP contribution in [0.4, 0.5) is 0 Å². The van der Waals surface area contributed by atoms with Crippen LogP contribution in [0.25, 0.3) is 0 Å². The molecule has 3 rings (SSSR count). The van der Waals surface area contributed by atoms with E-state index in [9.17, 15) is 5.11 Å². The van der Waals surface area contributed by atoms with E-state index in [1.54, 1.807) is 0 Å². The number of aliphatic hydroxyl groups is 1. The first-order chi connectivity index (χ1) is 9.36. The lowest BCUT2D eigenvalue weighted by atomic mass is 9.65. The van der Waals surface area contributed by atoms with Crippen molar-refractivity contribution in [1.82, 2.24) is 5.32 Å². The average molecular weight is 259 g/mol. The van der Waals surface area contributed by atoms with Gasteiger partial charge in [0.2, 0.25) is 0 Å². The van der Waals surface area contributed by atoms with E-state index in [0.29, 0.717) is 18.6 Å². The Labute approximate surface area is 116 Å². The molecule has 1 aromatic carbocycles. The van der Waals surface area contributed by atoms with Crippen molar-refractivity contribution in [3.63, 3.8) is 0 Å². The van der Waals surface area contributed by atoms with E-state index in [4.69, 9.17) is 0 Å².